The second-order valence-electron chi connectivity index (χ2n) is 5.62. The molecule has 0 atom stereocenters. The summed E-state index contributed by atoms with van der Waals surface area (Å²) < 4.78 is 27.0. The van der Waals surface area contributed by atoms with Gasteiger partial charge in [-0.3, -0.25) is 9.78 Å². The first-order chi connectivity index (χ1) is 11.0. The SMILES string of the molecule is CN(CCc1ccncc1)S(=O)(=O)c1csc2c1CCCC2=O. The molecule has 0 fully saturated rings. The summed E-state index contributed by atoms with van der Waals surface area (Å²) in [7, 11) is -1.97. The lowest BCUT2D eigenvalue weighted by Crippen LogP contribution is -2.29. The van der Waals surface area contributed by atoms with E-state index >= 15 is 0 Å². The van der Waals surface area contributed by atoms with Crippen molar-refractivity contribution in [1.82, 2.24) is 9.29 Å². The highest BCUT2D eigenvalue weighted by atomic mass is 32.2. The molecular formula is C16H18N2O3S2. The van der Waals surface area contributed by atoms with E-state index in [0.29, 0.717) is 41.1 Å². The van der Waals surface area contributed by atoms with Gasteiger partial charge in [0.25, 0.3) is 0 Å². The number of likely N-dealkylation sites (N-methyl/N-ethyl adjacent to an activating group) is 1. The Bertz CT molecular complexity index is 813. The summed E-state index contributed by atoms with van der Waals surface area (Å²) in [5, 5.41) is 1.62. The van der Waals surface area contributed by atoms with Crippen LogP contribution in [0, 0.1) is 0 Å². The molecule has 1 aliphatic rings. The summed E-state index contributed by atoms with van der Waals surface area (Å²) in [6.07, 6.45) is 5.94. The van der Waals surface area contributed by atoms with Crippen LogP contribution in [0.15, 0.2) is 34.8 Å². The quantitative estimate of drug-likeness (QED) is 0.831. The van der Waals surface area contributed by atoms with E-state index in [2.05, 4.69) is 4.98 Å². The van der Waals surface area contributed by atoms with Crippen molar-refractivity contribution in [3.63, 3.8) is 0 Å². The number of aromatic nitrogens is 1. The maximum Gasteiger partial charge on any atom is 0.243 e. The Labute approximate surface area is 140 Å². The van der Waals surface area contributed by atoms with Crippen molar-refractivity contribution in [3.05, 3.63) is 45.9 Å². The van der Waals surface area contributed by atoms with Crippen molar-refractivity contribution in [1.29, 1.82) is 0 Å². The minimum Gasteiger partial charge on any atom is -0.293 e. The van der Waals surface area contributed by atoms with E-state index < -0.39 is 10.0 Å². The van der Waals surface area contributed by atoms with Gasteiger partial charge in [0, 0.05) is 37.8 Å². The van der Waals surface area contributed by atoms with Gasteiger partial charge in [0.2, 0.25) is 10.0 Å². The Morgan fingerprint density at radius 3 is 2.74 bits per heavy atom. The molecule has 7 heteroatoms. The molecule has 0 N–H and O–H groups in total. The molecule has 0 bridgehead atoms. The maximum absolute atomic E-state index is 12.8. The highest BCUT2D eigenvalue weighted by molar-refractivity contribution is 7.89. The minimum atomic E-state index is -3.55. The van der Waals surface area contributed by atoms with Gasteiger partial charge in [-0.2, -0.15) is 0 Å². The van der Waals surface area contributed by atoms with Crippen molar-refractivity contribution in [2.24, 2.45) is 0 Å². The summed E-state index contributed by atoms with van der Waals surface area (Å²) >= 11 is 1.26. The van der Waals surface area contributed by atoms with Gasteiger partial charge in [-0.05, 0) is 42.5 Å². The molecular weight excluding hydrogens is 332 g/mol. The summed E-state index contributed by atoms with van der Waals surface area (Å²) in [4.78, 5) is 16.8. The molecule has 1 aliphatic carbocycles. The smallest absolute Gasteiger partial charge is 0.243 e. The monoisotopic (exact) mass is 350 g/mol. The molecule has 0 spiro atoms. The second kappa shape index (κ2) is 6.51. The number of rotatable bonds is 5. The molecule has 3 rings (SSSR count). The first-order valence-corrected chi connectivity index (χ1v) is 9.81. The van der Waals surface area contributed by atoms with Crippen molar-refractivity contribution in [3.8, 4) is 0 Å². The second-order valence-corrected chi connectivity index (χ2v) is 8.51. The summed E-state index contributed by atoms with van der Waals surface area (Å²) in [6.45, 7) is 0.394. The van der Waals surface area contributed by atoms with Gasteiger partial charge in [0.05, 0.1) is 9.77 Å². The molecule has 0 unspecified atom stereocenters. The zero-order valence-electron chi connectivity index (χ0n) is 12.9. The van der Waals surface area contributed by atoms with Gasteiger partial charge in [0.1, 0.15) is 0 Å². The highest BCUT2D eigenvalue weighted by Crippen LogP contribution is 2.34. The van der Waals surface area contributed by atoms with Crippen LogP contribution in [0.5, 0.6) is 0 Å². The van der Waals surface area contributed by atoms with Crippen LogP contribution in [0.4, 0.5) is 0 Å². The van der Waals surface area contributed by atoms with Gasteiger partial charge < -0.3 is 0 Å². The molecule has 2 heterocycles. The van der Waals surface area contributed by atoms with E-state index in [0.717, 1.165) is 12.0 Å². The molecule has 23 heavy (non-hydrogen) atoms. The van der Waals surface area contributed by atoms with E-state index in [1.807, 2.05) is 12.1 Å². The Kier molecular flexibility index (Phi) is 4.61. The van der Waals surface area contributed by atoms with Gasteiger partial charge in [-0.1, -0.05) is 0 Å². The predicted octanol–water partition coefficient (Wildman–Crippen LogP) is 2.53. The molecule has 5 nitrogen and oxygen atoms in total. The van der Waals surface area contributed by atoms with Crippen LogP contribution in [0.25, 0.3) is 0 Å². The van der Waals surface area contributed by atoms with E-state index in [-0.39, 0.29) is 5.78 Å². The first kappa shape index (κ1) is 16.3. The fraction of sp³-hybridized carbons (Fsp3) is 0.375. The standard InChI is InChI=1S/C16H18N2O3S2/c1-18(10-7-12-5-8-17-9-6-12)23(20,21)15-11-22-16-13(15)3-2-4-14(16)19/h5-6,8-9,11H,2-4,7,10H2,1H3. The fourth-order valence-electron chi connectivity index (χ4n) is 2.72. The van der Waals surface area contributed by atoms with Crippen molar-refractivity contribution in [2.45, 2.75) is 30.6 Å². The number of sulfonamides is 1. The predicted molar refractivity (Wildman–Crippen MR) is 89.3 cm³/mol. The number of fused-ring (bicyclic) bond motifs is 1. The van der Waals surface area contributed by atoms with Crippen molar-refractivity contribution < 1.29 is 13.2 Å². The topological polar surface area (TPSA) is 67.3 Å². The van der Waals surface area contributed by atoms with E-state index in [1.165, 1.54) is 15.6 Å². The summed E-state index contributed by atoms with van der Waals surface area (Å²) in [6, 6.07) is 3.76. The van der Waals surface area contributed by atoms with Crippen LogP contribution in [-0.4, -0.2) is 37.1 Å². The number of carbonyl (C=O) groups is 1. The minimum absolute atomic E-state index is 0.0668. The van der Waals surface area contributed by atoms with Crippen LogP contribution < -0.4 is 0 Å². The van der Waals surface area contributed by atoms with Gasteiger partial charge in [0.15, 0.2) is 5.78 Å². The molecule has 2 aromatic heterocycles. The Morgan fingerprint density at radius 2 is 2.00 bits per heavy atom. The van der Waals surface area contributed by atoms with E-state index in [1.54, 1.807) is 24.8 Å². The van der Waals surface area contributed by atoms with E-state index in [9.17, 15) is 13.2 Å². The third-order valence-electron chi connectivity index (χ3n) is 4.09. The lowest BCUT2D eigenvalue weighted by molar-refractivity contribution is 0.0976. The first-order valence-electron chi connectivity index (χ1n) is 7.49. The number of pyridine rings is 1. The molecule has 0 amide bonds. The van der Waals surface area contributed by atoms with E-state index in [4.69, 9.17) is 0 Å². The molecule has 0 saturated heterocycles. The number of hydrogen-bond donors (Lipinski definition) is 0. The average molecular weight is 350 g/mol. The maximum atomic E-state index is 12.8. The lowest BCUT2D eigenvalue weighted by Gasteiger charge is -2.19. The Hall–Kier alpha value is -1.57. The molecule has 0 radical (unpaired) electrons. The third kappa shape index (κ3) is 3.22. The normalized spacial score (nSPS) is 15.0. The zero-order chi connectivity index (χ0) is 16.4. The molecule has 0 aliphatic heterocycles. The summed E-state index contributed by atoms with van der Waals surface area (Å²) in [5.74, 6) is 0.0668. The average Bonchev–Trinajstić information content (AvgIpc) is 2.99. The fourth-order valence-corrected chi connectivity index (χ4v) is 5.55. The van der Waals surface area contributed by atoms with Crippen molar-refractivity contribution in [2.75, 3.05) is 13.6 Å². The number of carbonyl (C=O) groups excluding carboxylic acids is 1. The van der Waals surface area contributed by atoms with Gasteiger partial charge >= 0.3 is 0 Å². The van der Waals surface area contributed by atoms with Crippen LogP contribution >= 0.6 is 11.3 Å². The van der Waals surface area contributed by atoms with Crippen LogP contribution in [0.3, 0.4) is 0 Å². The number of hydrogen-bond acceptors (Lipinski definition) is 5. The largest absolute Gasteiger partial charge is 0.293 e. The number of nitrogens with zero attached hydrogens (tertiary/aromatic N) is 2. The molecule has 0 saturated carbocycles. The highest BCUT2D eigenvalue weighted by Gasteiger charge is 2.30. The third-order valence-corrected chi connectivity index (χ3v) is 7.23. The number of Topliss-reactive ketones (excluding diaryl/α,β-unsaturated/α-hetero) is 1. The van der Waals surface area contributed by atoms with Crippen LogP contribution in [-0.2, 0) is 22.9 Å². The molecule has 2 aromatic rings. The van der Waals surface area contributed by atoms with Crippen molar-refractivity contribution >= 4 is 27.1 Å². The van der Waals surface area contributed by atoms with Gasteiger partial charge in [-0.25, -0.2) is 12.7 Å². The number of thiophene rings is 1. The van der Waals surface area contributed by atoms with Crippen LogP contribution in [0.1, 0.15) is 33.6 Å². The molecule has 122 valence electrons. The number of ketones is 1. The van der Waals surface area contributed by atoms with Gasteiger partial charge in [-0.15, -0.1) is 11.3 Å². The lowest BCUT2D eigenvalue weighted by atomic mass is 9.98. The Morgan fingerprint density at radius 1 is 1.26 bits per heavy atom. The summed E-state index contributed by atoms with van der Waals surface area (Å²) in [5.41, 5.74) is 1.76. The molecule has 0 aromatic carbocycles. The Balaban J connectivity index is 1.80. The van der Waals surface area contributed by atoms with Crippen LogP contribution in [0.2, 0.25) is 0 Å². The zero-order valence-corrected chi connectivity index (χ0v) is 14.5.